The predicted molar refractivity (Wildman–Crippen MR) is 68.3 cm³/mol. The lowest BCUT2D eigenvalue weighted by atomic mass is 9.91. The van der Waals surface area contributed by atoms with Gasteiger partial charge >= 0.3 is 0 Å². The first-order valence-corrected chi connectivity index (χ1v) is 6.16. The van der Waals surface area contributed by atoms with Crippen LogP contribution in [0.2, 0.25) is 0 Å². The second-order valence-corrected chi connectivity index (χ2v) is 4.41. The van der Waals surface area contributed by atoms with Crippen LogP contribution in [0.3, 0.4) is 0 Å². The van der Waals surface area contributed by atoms with Crippen LogP contribution in [0.5, 0.6) is 0 Å². The molecule has 2 aromatic rings. The number of likely N-dealkylation sites (N-methyl/N-ethyl adjacent to an activating group) is 1. The van der Waals surface area contributed by atoms with E-state index >= 15 is 0 Å². The van der Waals surface area contributed by atoms with Gasteiger partial charge in [0.15, 0.2) is 6.39 Å². The van der Waals surface area contributed by atoms with Gasteiger partial charge in [0.05, 0.1) is 12.7 Å². The molecule has 1 aliphatic rings. The average Bonchev–Trinajstić information content (AvgIpc) is 2.93. The normalized spacial score (nSPS) is 18.6. The molecule has 94 valence electrons. The average molecular weight is 244 g/mol. The van der Waals surface area contributed by atoms with Crippen molar-refractivity contribution in [1.82, 2.24) is 10.3 Å². The minimum atomic E-state index is 0.130. The first-order valence-electron chi connectivity index (χ1n) is 6.16. The highest BCUT2D eigenvalue weighted by Gasteiger charge is 2.23. The fraction of sp³-hybridized carbons (Fsp3) is 0.357. The highest BCUT2D eigenvalue weighted by Crippen LogP contribution is 2.33. The molecule has 0 saturated heterocycles. The molecule has 4 nitrogen and oxygen atoms in total. The van der Waals surface area contributed by atoms with Crippen LogP contribution in [0.15, 0.2) is 35.3 Å². The van der Waals surface area contributed by atoms with Gasteiger partial charge in [0, 0.05) is 12.1 Å². The van der Waals surface area contributed by atoms with Crippen LogP contribution in [0.1, 0.15) is 17.2 Å². The van der Waals surface area contributed by atoms with E-state index in [0.717, 1.165) is 30.8 Å². The summed E-state index contributed by atoms with van der Waals surface area (Å²) < 4.78 is 10.9. The number of aromatic nitrogens is 1. The summed E-state index contributed by atoms with van der Waals surface area (Å²) in [5.41, 5.74) is 4.65. The topological polar surface area (TPSA) is 47.3 Å². The van der Waals surface area contributed by atoms with Crippen molar-refractivity contribution >= 4 is 0 Å². The maximum atomic E-state index is 5.81. The molecule has 18 heavy (non-hydrogen) atoms. The van der Waals surface area contributed by atoms with Gasteiger partial charge in [-0.1, -0.05) is 18.2 Å². The molecule has 0 saturated carbocycles. The third-order valence-corrected chi connectivity index (χ3v) is 3.33. The summed E-state index contributed by atoms with van der Waals surface area (Å²) >= 11 is 0. The fourth-order valence-corrected chi connectivity index (χ4v) is 2.52. The molecule has 2 heterocycles. The summed E-state index contributed by atoms with van der Waals surface area (Å²) in [4.78, 5) is 4.24. The highest BCUT2D eigenvalue weighted by atomic mass is 16.5. The lowest BCUT2D eigenvalue weighted by Gasteiger charge is -2.27. The van der Waals surface area contributed by atoms with Crippen molar-refractivity contribution in [3.8, 4) is 11.3 Å². The largest absolute Gasteiger partial charge is 0.451 e. The van der Waals surface area contributed by atoms with Gasteiger partial charge in [0.25, 0.3) is 0 Å². The van der Waals surface area contributed by atoms with Crippen molar-refractivity contribution in [2.24, 2.45) is 0 Å². The summed E-state index contributed by atoms with van der Waals surface area (Å²) in [6.07, 6.45) is 4.22. The quantitative estimate of drug-likeness (QED) is 0.899. The minimum Gasteiger partial charge on any atom is -0.451 e. The van der Waals surface area contributed by atoms with Crippen molar-refractivity contribution < 1.29 is 9.15 Å². The number of ether oxygens (including phenoxy) is 1. The van der Waals surface area contributed by atoms with Crippen LogP contribution in [0.4, 0.5) is 0 Å². The second kappa shape index (κ2) is 4.92. The van der Waals surface area contributed by atoms with Crippen LogP contribution in [0, 0.1) is 0 Å². The van der Waals surface area contributed by atoms with E-state index in [9.17, 15) is 0 Å². The van der Waals surface area contributed by atoms with Crippen molar-refractivity contribution in [2.75, 3.05) is 20.2 Å². The number of nitrogens with one attached hydrogen (secondary N) is 1. The van der Waals surface area contributed by atoms with Gasteiger partial charge < -0.3 is 14.5 Å². The third kappa shape index (κ3) is 1.94. The monoisotopic (exact) mass is 244 g/mol. The van der Waals surface area contributed by atoms with E-state index in [2.05, 4.69) is 28.5 Å². The Hall–Kier alpha value is -1.65. The summed E-state index contributed by atoms with van der Waals surface area (Å²) in [7, 11) is 1.94. The Morgan fingerprint density at radius 3 is 3.17 bits per heavy atom. The van der Waals surface area contributed by atoms with E-state index in [1.165, 1.54) is 17.5 Å². The molecule has 0 radical (unpaired) electrons. The molecule has 0 amide bonds. The van der Waals surface area contributed by atoms with Crippen LogP contribution in [0.25, 0.3) is 11.3 Å². The Morgan fingerprint density at radius 1 is 1.44 bits per heavy atom. The number of fused-ring (bicyclic) bond motifs is 1. The van der Waals surface area contributed by atoms with Gasteiger partial charge in [-0.15, -0.1) is 0 Å². The predicted octanol–water partition coefficient (Wildman–Crippen LogP) is 2.17. The number of hydrogen-bond donors (Lipinski definition) is 1. The van der Waals surface area contributed by atoms with Gasteiger partial charge in [0.2, 0.25) is 0 Å². The van der Waals surface area contributed by atoms with E-state index < -0.39 is 0 Å². The SMILES string of the molecule is CNC[C@@H]1OCCc2c(-c3cocn3)cccc21. The molecule has 1 aliphatic heterocycles. The molecule has 1 N–H and O–H groups in total. The van der Waals surface area contributed by atoms with Crippen molar-refractivity contribution in [2.45, 2.75) is 12.5 Å². The summed E-state index contributed by atoms with van der Waals surface area (Å²) in [6.45, 7) is 1.59. The van der Waals surface area contributed by atoms with Crippen LogP contribution in [-0.2, 0) is 11.2 Å². The summed E-state index contributed by atoms with van der Waals surface area (Å²) in [6, 6.07) is 6.29. The van der Waals surface area contributed by atoms with Crippen LogP contribution < -0.4 is 5.32 Å². The number of hydrogen-bond acceptors (Lipinski definition) is 4. The van der Waals surface area contributed by atoms with Crippen molar-refractivity contribution in [1.29, 1.82) is 0 Å². The summed E-state index contributed by atoms with van der Waals surface area (Å²) in [5, 5.41) is 3.17. The molecule has 4 heteroatoms. The fourth-order valence-electron chi connectivity index (χ4n) is 2.52. The van der Waals surface area contributed by atoms with Gasteiger partial charge in [-0.2, -0.15) is 0 Å². The highest BCUT2D eigenvalue weighted by molar-refractivity contribution is 5.65. The number of oxazole rings is 1. The molecule has 1 atom stereocenters. The van der Waals surface area contributed by atoms with E-state index in [-0.39, 0.29) is 6.10 Å². The molecule has 0 unspecified atom stereocenters. The van der Waals surface area contributed by atoms with Crippen LogP contribution >= 0.6 is 0 Å². The molecule has 3 rings (SSSR count). The van der Waals surface area contributed by atoms with Crippen LogP contribution in [-0.4, -0.2) is 25.2 Å². The second-order valence-electron chi connectivity index (χ2n) is 4.41. The molecular weight excluding hydrogens is 228 g/mol. The maximum Gasteiger partial charge on any atom is 0.181 e. The molecule has 1 aromatic carbocycles. The Morgan fingerprint density at radius 2 is 2.39 bits per heavy atom. The maximum absolute atomic E-state index is 5.81. The van der Waals surface area contributed by atoms with Crippen molar-refractivity contribution in [3.63, 3.8) is 0 Å². The molecular formula is C14H16N2O2. The smallest absolute Gasteiger partial charge is 0.181 e. The number of rotatable bonds is 3. The zero-order valence-corrected chi connectivity index (χ0v) is 10.3. The van der Waals surface area contributed by atoms with Gasteiger partial charge in [-0.3, -0.25) is 0 Å². The molecule has 1 aromatic heterocycles. The number of benzene rings is 1. The minimum absolute atomic E-state index is 0.130. The molecule has 0 aliphatic carbocycles. The Balaban J connectivity index is 2.06. The Bertz CT molecular complexity index is 523. The van der Waals surface area contributed by atoms with E-state index in [1.54, 1.807) is 6.26 Å². The third-order valence-electron chi connectivity index (χ3n) is 3.33. The van der Waals surface area contributed by atoms with Gasteiger partial charge in [-0.25, -0.2) is 4.98 Å². The lowest BCUT2D eigenvalue weighted by molar-refractivity contribution is 0.0440. The zero-order chi connectivity index (χ0) is 12.4. The van der Waals surface area contributed by atoms with E-state index in [4.69, 9.17) is 9.15 Å². The zero-order valence-electron chi connectivity index (χ0n) is 10.3. The molecule has 0 spiro atoms. The van der Waals surface area contributed by atoms with Crippen molar-refractivity contribution in [3.05, 3.63) is 42.0 Å². The first-order chi connectivity index (χ1) is 8.90. The number of nitrogens with zero attached hydrogens (tertiary/aromatic N) is 1. The Kier molecular flexibility index (Phi) is 3.13. The standard InChI is InChI=1S/C14H16N2O2/c1-15-7-14-12-4-2-3-11(10(12)5-6-18-14)13-8-17-9-16-13/h2-4,8-9,14-15H,5-7H2,1H3/t14-/m0/s1. The van der Waals surface area contributed by atoms with Gasteiger partial charge in [-0.05, 0) is 24.6 Å². The summed E-state index contributed by atoms with van der Waals surface area (Å²) in [5.74, 6) is 0. The van der Waals surface area contributed by atoms with E-state index in [1.807, 2.05) is 7.05 Å². The molecule has 0 bridgehead atoms. The van der Waals surface area contributed by atoms with Gasteiger partial charge in [0.1, 0.15) is 12.0 Å². The lowest BCUT2D eigenvalue weighted by Crippen LogP contribution is -2.25. The first kappa shape index (κ1) is 11.4. The molecule has 0 fully saturated rings. The van der Waals surface area contributed by atoms with E-state index in [0.29, 0.717) is 0 Å². The Labute approximate surface area is 106 Å².